The second-order valence-electron chi connectivity index (χ2n) is 2.69. The van der Waals surface area contributed by atoms with Gasteiger partial charge in [0.2, 0.25) is 0 Å². The summed E-state index contributed by atoms with van der Waals surface area (Å²) in [6.07, 6.45) is 2.04. The van der Waals surface area contributed by atoms with Crippen molar-refractivity contribution in [3.63, 3.8) is 0 Å². The number of hydrogen-bond donors (Lipinski definition) is 1. The molecule has 0 saturated carbocycles. The second-order valence-corrected chi connectivity index (χ2v) is 5.66. The van der Waals surface area contributed by atoms with Gasteiger partial charge in [0.15, 0.2) is 0 Å². The summed E-state index contributed by atoms with van der Waals surface area (Å²) in [6, 6.07) is 0.903. The first kappa shape index (κ1) is 19.9. The average molecular weight is 246 g/mol. The van der Waals surface area contributed by atoms with Gasteiger partial charge in [-0.05, 0) is 6.42 Å². The summed E-state index contributed by atoms with van der Waals surface area (Å²) >= 11 is 0. The maximum Gasteiger partial charge on any atom is 0.500 e. The standard InChI is InChI=1S/C8H20O3Si.ClH.H3N/c1-5-7-11-12(9-3,10-4)8-6-2;;/h5-8H2,1-4H3;1H;1H3. The van der Waals surface area contributed by atoms with E-state index in [1.165, 1.54) is 0 Å². The molecule has 0 heterocycles. The molecule has 3 N–H and O–H groups in total. The van der Waals surface area contributed by atoms with Crippen LogP contribution in [0.4, 0.5) is 0 Å². The summed E-state index contributed by atoms with van der Waals surface area (Å²) in [5.41, 5.74) is 0. The summed E-state index contributed by atoms with van der Waals surface area (Å²) in [7, 11) is 1.07. The third kappa shape index (κ3) is 6.75. The van der Waals surface area contributed by atoms with Crippen molar-refractivity contribution < 1.29 is 13.3 Å². The Balaban J connectivity index is -0.000000605. The van der Waals surface area contributed by atoms with E-state index in [9.17, 15) is 0 Å². The molecule has 90 valence electrons. The van der Waals surface area contributed by atoms with Crippen molar-refractivity contribution in [1.29, 1.82) is 0 Å². The monoisotopic (exact) mass is 245 g/mol. The zero-order valence-corrected chi connectivity index (χ0v) is 11.5. The third-order valence-electron chi connectivity index (χ3n) is 1.70. The summed E-state index contributed by atoms with van der Waals surface area (Å²) in [5.74, 6) is 0. The van der Waals surface area contributed by atoms with E-state index in [4.69, 9.17) is 13.3 Å². The van der Waals surface area contributed by atoms with Crippen LogP contribution in [-0.2, 0) is 13.3 Å². The van der Waals surface area contributed by atoms with Crippen LogP contribution in [-0.4, -0.2) is 29.6 Å². The first-order chi connectivity index (χ1) is 5.74. The van der Waals surface area contributed by atoms with Crippen molar-refractivity contribution in [2.75, 3.05) is 20.8 Å². The van der Waals surface area contributed by atoms with Gasteiger partial charge in [-0.25, -0.2) is 0 Å². The van der Waals surface area contributed by atoms with Crippen LogP contribution in [0.1, 0.15) is 26.7 Å². The van der Waals surface area contributed by atoms with Gasteiger partial charge >= 0.3 is 8.80 Å². The molecule has 0 spiro atoms. The lowest BCUT2D eigenvalue weighted by Crippen LogP contribution is -2.43. The van der Waals surface area contributed by atoms with Crippen molar-refractivity contribution in [3.8, 4) is 0 Å². The number of halogens is 1. The van der Waals surface area contributed by atoms with Crippen LogP contribution in [0.25, 0.3) is 0 Å². The Kier molecular flexibility index (Phi) is 16.2. The van der Waals surface area contributed by atoms with E-state index in [1.807, 2.05) is 0 Å². The maximum absolute atomic E-state index is 5.61. The summed E-state index contributed by atoms with van der Waals surface area (Å²) in [5, 5.41) is 0. The van der Waals surface area contributed by atoms with E-state index in [2.05, 4.69) is 13.8 Å². The van der Waals surface area contributed by atoms with Crippen LogP contribution in [0, 0.1) is 0 Å². The van der Waals surface area contributed by atoms with Gasteiger partial charge in [0, 0.05) is 26.9 Å². The molecular formula is C8H24ClNO3Si. The van der Waals surface area contributed by atoms with Gasteiger partial charge in [-0.3, -0.25) is 0 Å². The summed E-state index contributed by atoms with van der Waals surface area (Å²) in [6.45, 7) is 4.92. The minimum atomic E-state index is -2.26. The first-order valence-corrected chi connectivity index (χ1v) is 6.42. The number of rotatable bonds is 7. The molecule has 0 unspecified atom stereocenters. The fourth-order valence-corrected chi connectivity index (χ4v) is 3.12. The van der Waals surface area contributed by atoms with Crippen molar-refractivity contribution in [2.24, 2.45) is 0 Å². The highest BCUT2D eigenvalue weighted by Gasteiger charge is 2.37. The maximum atomic E-state index is 5.61. The second kappa shape index (κ2) is 11.4. The molecule has 0 aliphatic rings. The molecule has 6 heteroatoms. The molecule has 14 heavy (non-hydrogen) atoms. The largest absolute Gasteiger partial charge is 0.500 e. The van der Waals surface area contributed by atoms with Crippen LogP contribution < -0.4 is 6.15 Å². The van der Waals surface area contributed by atoms with Gasteiger partial charge in [-0.2, -0.15) is 0 Å². The van der Waals surface area contributed by atoms with Gasteiger partial charge in [-0.1, -0.05) is 20.3 Å². The van der Waals surface area contributed by atoms with E-state index < -0.39 is 8.80 Å². The average Bonchev–Trinajstić information content (AvgIpc) is 2.13. The van der Waals surface area contributed by atoms with Crippen molar-refractivity contribution in [1.82, 2.24) is 6.15 Å². The normalized spacial score (nSPS) is 10.3. The molecular weight excluding hydrogens is 222 g/mol. The number of hydrogen-bond acceptors (Lipinski definition) is 4. The zero-order valence-electron chi connectivity index (χ0n) is 9.67. The summed E-state index contributed by atoms with van der Waals surface area (Å²) in [4.78, 5) is 0. The highest BCUT2D eigenvalue weighted by atomic mass is 35.5. The zero-order chi connectivity index (χ0) is 9.45. The highest BCUT2D eigenvalue weighted by molar-refractivity contribution is 6.60. The molecule has 0 aliphatic carbocycles. The van der Waals surface area contributed by atoms with E-state index in [1.54, 1.807) is 14.2 Å². The molecule has 0 fully saturated rings. The Morgan fingerprint density at radius 3 is 1.79 bits per heavy atom. The van der Waals surface area contributed by atoms with Crippen LogP contribution in [0.3, 0.4) is 0 Å². The van der Waals surface area contributed by atoms with Gasteiger partial charge in [0.25, 0.3) is 0 Å². The lowest BCUT2D eigenvalue weighted by Gasteiger charge is -2.25. The molecule has 0 atom stereocenters. The molecule has 0 aliphatic heterocycles. The molecule has 0 aromatic rings. The predicted octanol–water partition coefficient (Wildman–Crippen LogP) is 2.64. The van der Waals surface area contributed by atoms with Crippen molar-refractivity contribution in [2.45, 2.75) is 32.7 Å². The Bertz CT molecular complexity index is 115. The quantitative estimate of drug-likeness (QED) is 0.701. The highest BCUT2D eigenvalue weighted by Crippen LogP contribution is 2.15. The summed E-state index contributed by atoms with van der Waals surface area (Å²) < 4.78 is 16.3. The van der Waals surface area contributed by atoms with Crippen molar-refractivity contribution in [3.05, 3.63) is 0 Å². The SMILES string of the molecule is CCCO[Si](CCC)(OC)OC.Cl.N. The minimum absolute atomic E-state index is 0. The lowest BCUT2D eigenvalue weighted by molar-refractivity contribution is 0.0982. The minimum Gasteiger partial charge on any atom is -0.377 e. The molecule has 0 aromatic carbocycles. The van der Waals surface area contributed by atoms with Gasteiger partial charge in [0.1, 0.15) is 0 Å². The van der Waals surface area contributed by atoms with Gasteiger partial charge in [-0.15, -0.1) is 12.4 Å². The van der Waals surface area contributed by atoms with Crippen LogP contribution in [0.15, 0.2) is 0 Å². The van der Waals surface area contributed by atoms with E-state index in [-0.39, 0.29) is 18.6 Å². The molecule has 0 saturated heterocycles. The van der Waals surface area contributed by atoms with E-state index in [0.717, 1.165) is 25.5 Å². The van der Waals surface area contributed by atoms with Gasteiger partial charge in [0.05, 0.1) is 0 Å². The Morgan fingerprint density at radius 2 is 1.50 bits per heavy atom. The smallest absolute Gasteiger partial charge is 0.377 e. The van der Waals surface area contributed by atoms with E-state index in [0.29, 0.717) is 0 Å². The molecule has 4 nitrogen and oxygen atoms in total. The fourth-order valence-electron chi connectivity index (χ4n) is 1.04. The molecule has 0 aromatic heterocycles. The Morgan fingerprint density at radius 1 is 1.00 bits per heavy atom. The fraction of sp³-hybridized carbons (Fsp3) is 1.00. The van der Waals surface area contributed by atoms with E-state index >= 15 is 0 Å². The third-order valence-corrected chi connectivity index (χ3v) is 4.70. The lowest BCUT2D eigenvalue weighted by atomic mass is 10.5. The Hall–Kier alpha value is 0.347. The first-order valence-electron chi connectivity index (χ1n) is 4.49. The Labute approximate surface area is 94.7 Å². The molecule has 0 bridgehead atoms. The van der Waals surface area contributed by atoms with Crippen molar-refractivity contribution >= 4 is 21.2 Å². The molecule has 0 rings (SSSR count). The van der Waals surface area contributed by atoms with Crippen LogP contribution in [0.2, 0.25) is 6.04 Å². The topological polar surface area (TPSA) is 62.7 Å². The predicted molar refractivity (Wildman–Crippen MR) is 63.4 cm³/mol. The molecule has 0 amide bonds. The molecule has 0 radical (unpaired) electrons. The van der Waals surface area contributed by atoms with Crippen LogP contribution >= 0.6 is 12.4 Å². The van der Waals surface area contributed by atoms with Gasteiger partial charge < -0.3 is 19.4 Å². The van der Waals surface area contributed by atoms with Crippen LogP contribution in [0.5, 0.6) is 0 Å².